The quantitative estimate of drug-likeness (QED) is 0.409. The summed E-state index contributed by atoms with van der Waals surface area (Å²) in [5, 5.41) is 14.6. The van der Waals surface area contributed by atoms with Crippen LogP contribution in [0.3, 0.4) is 0 Å². The summed E-state index contributed by atoms with van der Waals surface area (Å²) < 4.78 is 6.56. The highest BCUT2D eigenvalue weighted by molar-refractivity contribution is 5.85. The number of non-ortho nitro benzene ring substituents is 1. The molecule has 0 radical (unpaired) electrons. The lowest BCUT2D eigenvalue weighted by Gasteiger charge is -2.02. The minimum absolute atomic E-state index is 0.0244. The molecular formula is C14H11N5O4. The first kappa shape index (κ1) is 14.6. The van der Waals surface area contributed by atoms with E-state index in [4.69, 9.17) is 4.74 Å². The van der Waals surface area contributed by atoms with Gasteiger partial charge >= 0.3 is 5.97 Å². The molecule has 0 aliphatic heterocycles. The van der Waals surface area contributed by atoms with Crippen molar-refractivity contribution < 1.29 is 14.5 Å². The zero-order valence-electron chi connectivity index (χ0n) is 12.0. The number of hydrogen-bond acceptors (Lipinski definition) is 7. The molecule has 0 saturated carbocycles. The fourth-order valence-electron chi connectivity index (χ4n) is 1.92. The standard InChI is InChI=1S/C14H11N5O4/c1-9-6-7-15-14-16-12(17-18(9)14)13(20)23-8-10-2-4-11(5-3-10)19(21)22/h2-7H,8H2,1H3. The van der Waals surface area contributed by atoms with Gasteiger partial charge < -0.3 is 4.74 Å². The molecule has 2 aromatic heterocycles. The highest BCUT2D eigenvalue weighted by Gasteiger charge is 2.16. The van der Waals surface area contributed by atoms with Gasteiger partial charge in [-0.2, -0.15) is 4.98 Å². The number of carbonyl (C=O) groups excluding carboxylic acids is 1. The number of nitro groups is 1. The lowest BCUT2D eigenvalue weighted by Crippen LogP contribution is -2.08. The Morgan fingerprint density at radius 2 is 2.04 bits per heavy atom. The molecule has 0 fully saturated rings. The minimum Gasteiger partial charge on any atom is -0.455 e. The summed E-state index contributed by atoms with van der Waals surface area (Å²) in [7, 11) is 0. The molecule has 0 atom stereocenters. The molecule has 2 heterocycles. The van der Waals surface area contributed by atoms with Gasteiger partial charge in [0.1, 0.15) is 6.61 Å². The Labute approximate surface area is 129 Å². The summed E-state index contributed by atoms with van der Waals surface area (Å²) in [5.41, 5.74) is 1.39. The number of benzene rings is 1. The van der Waals surface area contributed by atoms with Gasteiger partial charge in [0.25, 0.3) is 17.3 Å². The maximum atomic E-state index is 12.0. The molecule has 0 unspecified atom stereocenters. The van der Waals surface area contributed by atoms with Gasteiger partial charge in [-0.05, 0) is 30.7 Å². The summed E-state index contributed by atoms with van der Waals surface area (Å²) in [6.45, 7) is 1.79. The van der Waals surface area contributed by atoms with Gasteiger partial charge in [0.05, 0.1) is 4.92 Å². The minimum atomic E-state index is -0.687. The van der Waals surface area contributed by atoms with Crippen molar-refractivity contribution in [3.8, 4) is 0 Å². The maximum Gasteiger partial charge on any atom is 0.378 e. The van der Waals surface area contributed by atoms with Crippen LogP contribution in [0, 0.1) is 17.0 Å². The number of carbonyl (C=O) groups is 1. The van der Waals surface area contributed by atoms with Crippen molar-refractivity contribution in [2.75, 3.05) is 0 Å². The third kappa shape index (κ3) is 2.98. The number of fused-ring (bicyclic) bond motifs is 1. The second-order valence-electron chi connectivity index (χ2n) is 4.73. The summed E-state index contributed by atoms with van der Waals surface area (Å²) in [6, 6.07) is 7.48. The van der Waals surface area contributed by atoms with Crippen molar-refractivity contribution in [1.29, 1.82) is 0 Å². The summed E-state index contributed by atoms with van der Waals surface area (Å²) in [5.74, 6) is -0.464. The molecule has 3 rings (SSSR count). The molecule has 1 aromatic carbocycles. The van der Waals surface area contributed by atoms with Gasteiger partial charge in [0.15, 0.2) is 0 Å². The van der Waals surface area contributed by atoms with Gasteiger partial charge in [-0.15, -0.1) is 5.10 Å². The predicted molar refractivity (Wildman–Crippen MR) is 77.7 cm³/mol. The number of ether oxygens (including phenoxy) is 1. The Bertz CT molecular complexity index is 888. The van der Waals surface area contributed by atoms with Crippen LogP contribution < -0.4 is 0 Å². The fourth-order valence-corrected chi connectivity index (χ4v) is 1.92. The Morgan fingerprint density at radius 3 is 2.70 bits per heavy atom. The van der Waals surface area contributed by atoms with E-state index >= 15 is 0 Å². The van der Waals surface area contributed by atoms with Crippen molar-refractivity contribution in [1.82, 2.24) is 19.6 Å². The van der Waals surface area contributed by atoms with Crippen LogP contribution >= 0.6 is 0 Å². The first-order chi connectivity index (χ1) is 11.0. The Hall–Kier alpha value is -3.36. The van der Waals surface area contributed by atoms with E-state index in [0.29, 0.717) is 11.3 Å². The molecule has 0 aliphatic carbocycles. The summed E-state index contributed by atoms with van der Waals surface area (Å²) >= 11 is 0. The third-order valence-electron chi connectivity index (χ3n) is 3.13. The SMILES string of the molecule is Cc1ccnc2nc(C(=O)OCc3ccc([N+](=O)[O-])cc3)nn12. The number of esters is 1. The fraction of sp³-hybridized carbons (Fsp3) is 0.143. The van der Waals surface area contributed by atoms with E-state index < -0.39 is 10.9 Å². The highest BCUT2D eigenvalue weighted by Crippen LogP contribution is 2.13. The van der Waals surface area contributed by atoms with Gasteiger partial charge in [0.2, 0.25) is 0 Å². The first-order valence-corrected chi connectivity index (χ1v) is 6.63. The summed E-state index contributed by atoms with van der Waals surface area (Å²) in [6.07, 6.45) is 1.57. The molecule has 0 bridgehead atoms. The van der Waals surface area contributed by atoms with E-state index in [1.807, 2.05) is 6.92 Å². The molecule has 9 nitrogen and oxygen atoms in total. The van der Waals surface area contributed by atoms with Crippen LogP contribution in [-0.4, -0.2) is 30.5 Å². The number of hydrogen-bond donors (Lipinski definition) is 0. The van der Waals surface area contributed by atoms with E-state index in [0.717, 1.165) is 5.69 Å². The Morgan fingerprint density at radius 1 is 1.30 bits per heavy atom. The van der Waals surface area contributed by atoms with Crippen LogP contribution in [0.5, 0.6) is 0 Å². The van der Waals surface area contributed by atoms with Crippen molar-refractivity contribution in [3.05, 3.63) is 63.7 Å². The monoisotopic (exact) mass is 313 g/mol. The van der Waals surface area contributed by atoms with Crippen LogP contribution in [0.2, 0.25) is 0 Å². The van der Waals surface area contributed by atoms with Crippen molar-refractivity contribution >= 4 is 17.4 Å². The van der Waals surface area contributed by atoms with Crippen LogP contribution in [0.4, 0.5) is 5.69 Å². The molecule has 0 amide bonds. The molecule has 23 heavy (non-hydrogen) atoms. The average molecular weight is 313 g/mol. The number of aryl methyl sites for hydroxylation is 1. The predicted octanol–water partition coefficient (Wildman–Crippen LogP) is 1.70. The van der Waals surface area contributed by atoms with E-state index in [2.05, 4.69) is 15.1 Å². The molecular weight excluding hydrogens is 302 g/mol. The highest BCUT2D eigenvalue weighted by atomic mass is 16.6. The largest absolute Gasteiger partial charge is 0.455 e. The lowest BCUT2D eigenvalue weighted by atomic mass is 10.2. The van der Waals surface area contributed by atoms with Crippen molar-refractivity contribution in [2.45, 2.75) is 13.5 Å². The average Bonchev–Trinajstić information content (AvgIpc) is 2.99. The molecule has 3 aromatic rings. The zero-order chi connectivity index (χ0) is 16.4. The third-order valence-corrected chi connectivity index (χ3v) is 3.13. The Balaban J connectivity index is 1.70. The maximum absolute atomic E-state index is 12.0. The van der Waals surface area contributed by atoms with Crippen LogP contribution in [0.15, 0.2) is 36.5 Å². The van der Waals surface area contributed by atoms with Crippen molar-refractivity contribution in [3.63, 3.8) is 0 Å². The zero-order valence-corrected chi connectivity index (χ0v) is 12.0. The second kappa shape index (κ2) is 5.79. The first-order valence-electron chi connectivity index (χ1n) is 6.63. The molecule has 0 aliphatic rings. The number of rotatable bonds is 4. The van der Waals surface area contributed by atoms with Crippen LogP contribution in [0.1, 0.15) is 21.9 Å². The van der Waals surface area contributed by atoms with Gasteiger partial charge in [0, 0.05) is 24.0 Å². The topological polar surface area (TPSA) is 113 Å². The number of nitro benzene ring substituents is 1. The normalized spacial score (nSPS) is 10.7. The van der Waals surface area contributed by atoms with E-state index in [1.54, 1.807) is 12.3 Å². The number of nitrogens with zero attached hydrogens (tertiary/aromatic N) is 5. The summed E-state index contributed by atoms with van der Waals surface area (Å²) in [4.78, 5) is 30.1. The van der Waals surface area contributed by atoms with Crippen molar-refractivity contribution in [2.24, 2.45) is 0 Å². The smallest absolute Gasteiger partial charge is 0.378 e. The van der Waals surface area contributed by atoms with Gasteiger partial charge in [-0.3, -0.25) is 10.1 Å². The Kier molecular flexibility index (Phi) is 3.67. The molecule has 0 N–H and O–H groups in total. The lowest BCUT2D eigenvalue weighted by molar-refractivity contribution is -0.384. The van der Waals surface area contributed by atoms with Gasteiger partial charge in [-0.1, -0.05) is 0 Å². The van der Waals surface area contributed by atoms with Gasteiger partial charge in [-0.25, -0.2) is 14.3 Å². The molecule has 9 heteroatoms. The molecule has 116 valence electrons. The van der Waals surface area contributed by atoms with E-state index in [9.17, 15) is 14.9 Å². The van der Waals surface area contributed by atoms with Crippen LogP contribution in [-0.2, 0) is 11.3 Å². The molecule has 0 saturated heterocycles. The molecule has 0 spiro atoms. The van der Waals surface area contributed by atoms with E-state index in [1.165, 1.54) is 28.8 Å². The number of aromatic nitrogens is 4. The second-order valence-corrected chi connectivity index (χ2v) is 4.73. The van der Waals surface area contributed by atoms with Crippen LogP contribution in [0.25, 0.3) is 5.78 Å². The van der Waals surface area contributed by atoms with E-state index in [-0.39, 0.29) is 18.1 Å².